The predicted octanol–water partition coefficient (Wildman–Crippen LogP) is 4.21. The first-order valence-corrected chi connectivity index (χ1v) is 6.52. The summed E-state index contributed by atoms with van der Waals surface area (Å²) >= 11 is 6.82. The molecule has 0 unspecified atom stereocenters. The fourth-order valence-corrected chi connectivity index (χ4v) is 2.63. The highest BCUT2D eigenvalue weighted by Crippen LogP contribution is 2.27. The Balaban J connectivity index is 3.22. The second-order valence-corrected chi connectivity index (χ2v) is 5.15. The van der Waals surface area contributed by atoms with E-state index in [0.29, 0.717) is 17.7 Å². The number of halogens is 2. The maximum atomic E-state index is 9.02. The van der Waals surface area contributed by atoms with Crippen LogP contribution in [0.4, 0.5) is 0 Å². The SMILES string of the molecule is CCC/C(C#N)=C(/N)c1ccc(Br)cc1Br. The molecule has 0 spiro atoms. The number of nitrogens with zero attached hydrogens (tertiary/aromatic N) is 1. The molecule has 0 saturated carbocycles. The largest absolute Gasteiger partial charge is 0.397 e. The van der Waals surface area contributed by atoms with Gasteiger partial charge in [0, 0.05) is 14.5 Å². The van der Waals surface area contributed by atoms with Gasteiger partial charge in [-0.25, -0.2) is 0 Å². The first kappa shape index (κ1) is 13.3. The van der Waals surface area contributed by atoms with Crippen LogP contribution < -0.4 is 5.73 Å². The van der Waals surface area contributed by atoms with E-state index in [0.717, 1.165) is 20.9 Å². The highest BCUT2D eigenvalue weighted by atomic mass is 79.9. The van der Waals surface area contributed by atoms with E-state index in [1.165, 1.54) is 0 Å². The third-order valence-electron chi connectivity index (χ3n) is 2.18. The molecule has 0 aliphatic carbocycles. The summed E-state index contributed by atoms with van der Waals surface area (Å²) in [6, 6.07) is 7.89. The number of nitrogens with two attached hydrogens (primary N) is 1. The Hall–Kier alpha value is -0.790. The maximum Gasteiger partial charge on any atom is 0.0968 e. The molecule has 1 rings (SSSR count). The van der Waals surface area contributed by atoms with Crippen molar-refractivity contribution in [2.45, 2.75) is 19.8 Å². The van der Waals surface area contributed by atoms with Gasteiger partial charge < -0.3 is 5.73 Å². The van der Waals surface area contributed by atoms with Crippen molar-refractivity contribution in [2.75, 3.05) is 0 Å². The van der Waals surface area contributed by atoms with Crippen molar-refractivity contribution in [3.8, 4) is 6.07 Å². The van der Waals surface area contributed by atoms with Crippen molar-refractivity contribution in [3.05, 3.63) is 38.3 Å². The van der Waals surface area contributed by atoms with Crippen molar-refractivity contribution >= 4 is 37.6 Å². The van der Waals surface area contributed by atoms with Gasteiger partial charge in [-0.3, -0.25) is 0 Å². The van der Waals surface area contributed by atoms with Gasteiger partial charge in [0.05, 0.1) is 17.3 Å². The monoisotopic (exact) mass is 342 g/mol. The summed E-state index contributed by atoms with van der Waals surface area (Å²) < 4.78 is 1.87. The first-order valence-electron chi connectivity index (χ1n) is 4.94. The topological polar surface area (TPSA) is 49.8 Å². The Kier molecular flexibility index (Phi) is 5.04. The van der Waals surface area contributed by atoms with E-state index < -0.39 is 0 Å². The fourth-order valence-electron chi connectivity index (χ4n) is 1.37. The van der Waals surface area contributed by atoms with Crippen molar-refractivity contribution in [2.24, 2.45) is 5.73 Å². The summed E-state index contributed by atoms with van der Waals surface area (Å²) in [5, 5.41) is 9.02. The highest BCUT2D eigenvalue weighted by molar-refractivity contribution is 9.11. The van der Waals surface area contributed by atoms with Crippen LogP contribution in [0.3, 0.4) is 0 Å². The van der Waals surface area contributed by atoms with Gasteiger partial charge in [0.25, 0.3) is 0 Å². The Bertz CT molecular complexity index is 459. The maximum absolute atomic E-state index is 9.02. The molecule has 1 aromatic carbocycles. The summed E-state index contributed by atoms with van der Waals surface area (Å²) in [5.41, 5.74) is 8.07. The number of benzene rings is 1. The molecule has 0 heterocycles. The minimum Gasteiger partial charge on any atom is -0.397 e. The molecular formula is C12H12Br2N2. The highest BCUT2D eigenvalue weighted by Gasteiger charge is 2.08. The minimum absolute atomic E-state index is 0.559. The lowest BCUT2D eigenvalue weighted by atomic mass is 10.0. The molecule has 84 valence electrons. The van der Waals surface area contributed by atoms with Crippen molar-refractivity contribution in [3.63, 3.8) is 0 Å². The van der Waals surface area contributed by atoms with E-state index in [1.54, 1.807) is 0 Å². The second kappa shape index (κ2) is 6.07. The predicted molar refractivity (Wildman–Crippen MR) is 73.5 cm³/mol. The van der Waals surface area contributed by atoms with Gasteiger partial charge in [-0.1, -0.05) is 51.3 Å². The van der Waals surface area contributed by atoms with Crippen molar-refractivity contribution < 1.29 is 0 Å². The zero-order valence-corrected chi connectivity index (χ0v) is 12.1. The number of hydrogen-bond acceptors (Lipinski definition) is 2. The second-order valence-electron chi connectivity index (χ2n) is 3.38. The van der Waals surface area contributed by atoms with Crippen LogP contribution in [0.2, 0.25) is 0 Å². The molecule has 0 fully saturated rings. The molecule has 0 aliphatic heterocycles. The number of nitriles is 1. The van der Waals surface area contributed by atoms with Gasteiger partial charge in [-0.2, -0.15) is 5.26 Å². The lowest BCUT2D eigenvalue weighted by molar-refractivity contribution is 0.928. The van der Waals surface area contributed by atoms with Crippen LogP contribution in [-0.4, -0.2) is 0 Å². The molecule has 0 bridgehead atoms. The van der Waals surface area contributed by atoms with Crippen LogP contribution in [0, 0.1) is 11.3 Å². The molecule has 0 aromatic heterocycles. The molecule has 1 aromatic rings. The van der Waals surface area contributed by atoms with E-state index in [9.17, 15) is 0 Å². The minimum atomic E-state index is 0.559. The summed E-state index contributed by atoms with van der Waals surface area (Å²) in [7, 11) is 0. The zero-order valence-electron chi connectivity index (χ0n) is 8.93. The van der Waals surface area contributed by atoms with Crippen LogP contribution >= 0.6 is 31.9 Å². The van der Waals surface area contributed by atoms with Crippen molar-refractivity contribution in [1.29, 1.82) is 5.26 Å². The first-order chi connectivity index (χ1) is 7.60. The lowest BCUT2D eigenvalue weighted by Gasteiger charge is -2.08. The molecule has 2 N–H and O–H groups in total. The molecule has 0 radical (unpaired) electrons. The molecule has 0 amide bonds. The van der Waals surface area contributed by atoms with Crippen LogP contribution in [0.1, 0.15) is 25.3 Å². The molecule has 0 atom stereocenters. The van der Waals surface area contributed by atoms with Crippen LogP contribution in [0.15, 0.2) is 32.7 Å². The van der Waals surface area contributed by atoms with Gasteiger partial charge in [0.2, 0.25) is 0 Å². The normalized spacial score (nSPS) is 11.9. The molecule has 0 saturated heterocycles. The Labute approximate surface area is 112 Å². The Morgan fingerprint density at radius 1 is 1.44 bits per heavy atom. The van der Waals surface area contributed by atoms with E-state index in [4.69, 9.17) is 11.0 Å². The molecule has 2 nitrogen and oxygen atoms in total. The van der Waals surface area contributed by atoms with Crippen LogP contribution in [0.25, 0.3) is 5.70 Å². The van der Waals surface area contributed by atoms with E-state index in [2.05, 4.69) is 37.9 Å². The summed E-state index contributed by atoms with van der Waals surface area (Å²) in [4.78, 5) is 0. The lowest BCUT2D eigenvalue weighted by Crippen LogP contribution is -2.01. The Morgan fingerprint density at radius 2 is 2.12 bits per heavy atom. The smallest absolute Gasteiger partial charge is 0.0968 e. The van der Waals surface area contributed by atoms with Gasteiger partial charge in [0.1, 0.15) is 0 Å². The quantitative estimate of drug-likeness (QED) is 0.836. The average Bonchev–Trinajstić information content (AvgIpc) is 2.25. The van der Waals surface area contributed by atoms with Crippen LogP contribution in [0.5, 0.6) is 0 Å². The van der Waals surface area contributed by atoms with E-state index in [1.807, 2.05) is 25.1 Å². The molecule has 4 heteroatoms. The number of rotatable bonds is 3. The standard InChI is InChI=1S/C12H12Br2N2/c1-2-3-8(7-15)12(16)10-5-4-9(13)6-11(10)14/h4-6H,2-3,16H2,1H3/b12-8-. The molecular weight excluding hydrogens is 332 g/mol. The van der Waals surface area contributed by atoms with Crippen LogP contribution in [-0.2, 0) is 0 Å². The number of hydrogen-bond donors (Lipinski definition) is 1. The van der Waals surface area contributed by atoms with E-state index >= 15 is 0 Å². The summed E-state index contributed by atoms with van der Waals surface area (Å²) in [5.74, 6) is 0. The van der Waals surface area contributed by atoms with E-state index in [-0.39, 0.29) is 0 Å². The number of allylic oxidation sites excluding steroid dienone is 1. The Morgan fingerprint density at radius 3 is 2.62 bits per heavy atom. The third-order valence-corrected chi connectivity index (χ3v) is 3.33. The average molecular weight is 344 g/mol. The third kappa shape index (κ3) is 3.10. The van der Waals surface area contributed by atoms with Gasteiger partial charge in [-0.15, -0.1) is 0 Å². The van der Waals surface area contributed by atoms with Gasteiger partial charge >= 0.3 is 0 Å². The van der Waals surface area contributed by atoms with Crippen molar-refractivity contribution in [1.82, 2.24) is 0 Å². The summed E-state index contributed by atoms with van der Waals surface area (Å²) in [6.07, 6.45) is 1.63. The molecule has 16 heavy (non-hydrogen) atoms. The fraction of sp³-hybridized carbons (Fsp3) is 0.250. The summed E-state index contributed by atoms with van der Waals surface area (Å²) in [6.45, 7) is 2.03. The van der Waals surface area contributed by atoms with Gasteiger partial charge in [0.15, 0.2) is 0 Å². The molecule has 0 aliphatic rings. The zero-order chi connectivity index (χ0) is 12.1. The van der Waals surface area contributed by atoms with Gasteiger partial charge in [-0.05, 0) is 18.6 Å².